The van der Waals surface area contributed by atoms with E-state index in [0.717, 1.165) is 0 Å². The summed E-state index contributed by atoms with van der Waals surface area (Å²) in [5.41, 5.74) is 0. The Hall–Kier alpha value is -0.910. The lowest BCUT2D eigenvalue weighted by molar-refractivity contribution is -0.315. The van der Waals surface area contributed by atoms with Crippen LogP contribution in [0.5, 0.6) is 0 Å². The Kier molecular flexibility index (Phi) is 3.73. The Morgan fingerprint density at radius 3 is 2.73 bits per heavy atom. The fraction of sp³-hybridized carbons (Fsp3) is 0.167. The SMILES string of the molecule is O=C([O-])C(O)c1cccs1.[NH4+]. The summed E-state index contributed by atoms with van der Waals surface area (Å²) in [7, 11) is 0. The number of hydrogen-bond acceptors (Lipinski definition) is 4. The molecule has 1 aromatic rings. The van der Waals surface area contributed by atoms with Gasteiger partial charge in [-0.15, -0.1) is 11.3 Å². The number of aliphatic carboxylic acids is 1. The van der Waals surface area contributed by atoms with Crippen molar-refractivity contribution >= 4 is 17.3 Å². The molecule has 5 N–H and O–H groups in total. The predicted octanol–water partition coefficient (Wildman–Crippen LogP) is -0.0924. The maximum Gasteiger partial charge on any atom is 0.127 e. The van der Waals surface area contributed by atoms with Gasteiger partial charge in [0, 0.05) is 4.88 Å². The molecule has 0 aliphatic heterocycles. The molecule has 1 atom stereocenters. The first-order valence-corrected chi connectivity index (χ1v) is 3.52. The first-order valence-electron chi connectivity index (χ1n) is 2.64. The molecule has 5 heteroatoms. The van der Waals surface area contributed by atoms with Gasteiger partial charge in [0.15, 0.2) is 0 Å². The van der Waals surface area contributed by atoms with Crippen LogP contribution in [0.3, 0.4) is 0 Å². The Morgan fingerprint density at radius 2 is 2.36 bits per heavy atom. The molecule has 1 heterocycles. The zero-order chi connectivity index (χ0) is 7.56. The van der Waals surface area contributed by atoms with Crippen LogP contribution in [0, 0.1) is 0 Å². The van der Waals surface area contributed by atoms with E-state index in [-0.39, 0.29) is 6.15 Å². The molecule has 0 saturated carbocycles. The number of quaternary nitrogens is 1. The minimum absolute atomic E-state index is 0. The Bertz CT molecular complexity index is 222. The number of hydrogen-bond donors (Lipinski definition) is 2. The van der Waals surface area contributed by atoms with E-state index < -0.39 is 12.1 Å². The van der Waals surface area contributed by atoms with Gasteiger partial charge in [0.2, 0.25) is 0 Å². The second-order valence-electron chi connectivity index (χ2n) is 1.74. The molecule has 0 aromatic carbocycles. The van der Waals surface area contributed by atoms with E-state index in [1.54, 1.807) is 17.5 Å². The fourth-order valence-corrected chi connectivity index (χ4v) is 1.26. The number of carboxylic acids is 1. The van der Waals surface area contributed by atoms with Crippen molar-refractivity contribution in [2.24, 2.45) is 0 Å². The van der Waals surface area contributed by atoms with Gasteiger partial charge >= 0.3 is 0 Å². The maximum atomic E-state index is 10.0. The van der Waals surface area contributed by atoms with Crippen LogP contribution in [0.25, 0.3) is 0 Å². The minimum atomic E-state index is -1.47. The molecule has 0 aliphatic carbocycles. The highest BCUT2D eigenvalue weighted by Gasteiger charge is 2.07. The van der Waals surface area contributed by atoms with E-state index in [4.69, 9.17) is 5.11 Å². The van der Waals surface area contributed by atoms with Crippen molar-refractivity contribution in [2.45, 2.75) is 6.10 Å². The highest BCUT2D eigenvalue weighted by Crippen LogP contribution is 2.17. The third kappa shape index (κ3) is 2.30. The summed E-state index contributed by atoms with van der Waals surface area (Å²) < 4.78 is 0. The largest absolute Gasteiger partial charge is 0.547 e. The van der Waals surface area contributed by atoms with Gasteiger partial charge in [-0.3, -0.25) is 0 Å². The Morgan fingerprint density at radius 1 is 1.73 bits per heavy atom. The van der Waals surface area contributed by atoms with Crippen molar-refractivity contribution in [1.29, 1.82) is 0 Å². The van der Waals surface area contributed by atoms with Crippen LogP contribution in [0.15, 0.2) is 17.5 Å². The summed E-state index contributed by atoms with van der Waals surface area (Å²) in [6.07, 6.45) is -1.47. The van der Waals surface area contributed by atoms with Crippen molar-refractivity contribution in [1.82, 2.24) is 6.15 Å². The maximum absolute atomic E-state index is 10.0. The molecule has 62 valence electrons. The summed E-state index contributed by atoms with van der Waals surface area (Å²) in [5, 5.41) is 20.6. The van der Waals surface area contributed by atoms with Gasteiger partial charge < -0.3 is 21.2 Å². The molecule has 0 spiro atoms. The van der Waals surface area contributed by atoms with Crippen LogP contribution in [-0.2, 0) is 4.79 Å². The summed E-state index contributed by atoms with van der Waals surface area (Å²) >= 11 is 1.19. The van der Waals surface area contributed by atoms with E-state index >= 15 is 0 Å². The highest BCUT2D eigenvalue weighted by molar-refractivity contribution is 7.10. The number of carbonyl (C=O) groups excluding carboxylic acids is 1. The first kappa shape index (κ1) is 10.1. The monoisotopic (exact) mass is 175 g/mol. The third-order valence-corrected chi connectivity index (χ3v) is 1.96. The Balaban J connectivity index is 0.000001000. The molecule has 0 bridgehead atoms. The zero-order valence-electron chi connectivity index (χ0n) is 5.98. The molecule has 0 amide bonds. The van der Waals surface area contributed by atoms with Gasteiger partial charge in [-0.1, -0.05) is 6.07 Å². The molecule has 0 fully saturated rings. The molecule has 11 heavy (non-hydrogen) atoms. The topological polar surface area (TPSA) is 96.9 Å². The van der Waals surface area contributed by atoms with E-state index in [1.807, 2.05) is 0 Å². The van der Waals surface area contributed by atoms with Crippen LogP contribution < -0.4 is 11.3 Å². The van der Waals surface area contributed by atoms with Gasteiger partial charge in [-0.2, -0.15) is 0 Å². The van der Waals surface area contributed by atoms with Crippen LogP contribution in [-0.4, -0.2) is 11.1 Å². The van der Waals surface area contributed by atoms with E-state index in [1.165, 1.54) is 11.3 Å². The van der Waals surface area contributed by atoms with Gasteiger partial charge in [-0.25, -0.2) is 0 Å². The summed E-state index contributed by atoms with van der Waals surface area (Å²) in [6, 6.07) is 3.22. The van der Waals surface area contributed by atoms with Crippen LogP contribution in [0.2, 0.25) is 0 Å². The van der Waals surface area contributed by atoms with Crippen molar-refractivity contribution < 1.29 is 15.0 Å². The molecule has 0 radical (unpaired) electrons. The third-order valence-electron chi connectivity index (χ3n) is 1.04. The number of carboxylic acid groups (broad SMARTS) is 1. The number of thiophene rings is 1. The average Bonchev–Trinajstić information content (AvgIpc) is 2.36. The van der Waals surface area contributed by atoms with E-state index in [2.05, 4.69) is 0 Å². The van der Waals surface area contributed by atoms with Gasteiger partial charge in [-0.05, 0) is 11.4 Å². The number of rotatable bonds is 2. The van der Waals surface area contributed by atoms with Crippen LogP contribution >= 0.6 is 11.3 Å². The van der Waals surface area contributed by atoms with Crippen molar-refractivity contribution in [3.05, 3.63) is 22.4 Å². The van der Waals surface area contributed by atoms with Crippen LogP contribution in [0.1, 0.15) is 11.0 Å². The molecule has 0 aliphatic rings. The number of aliphatic hydroxyl groups excluding tert-OH is 1. The smallest absolute Gasteiger partial charge is 0.127 e. The zero-order valence-corrected chi connectivity index (χ0v) is 6.80. The molecule has 1 unspecified atom stereocenters. The lowest BCUT2D eigenvalue weighted by atomic mass is 10.3. The predicted molar refractivity (Wildman–Crippen MR) is 40.3 cm³/mol. The van der Waals surface area contributed by atoms with E-state index in [9.17, 15) is 9.90 Å². The van der Waals surface area contributed by atoms with E-state index in [0.29, 0.717) is 4.88 Å². The standard InChI is InChI=1S/C6H6O3S.H3N/c7-5(6(8)9)4-2-1-3-10-4;/h1-3,5,7H,(H,8,9);1H3. The second kappa shape index (κ2) is 4.07. The molecular weight excluding hydrogens is 166 g/mol. The normalized spacial score (nSPS) is 11.7. The van der Waals surface area contributed by atoms with Crippen LogP contribution in [0.4, 0.5) is 0 Å². The summed E-state index contributed by atoms with van der Waals surface area (Å²) in [5.74, 6) is -1.46. The molecule has 1 rings (SSSR count). The van der Waals surface area contributed by atoms with Gasteiger partial charge in [0.05, 0.1) is 5.97 Å². The molecule has 4 nitrogen and oxygen atoms in total. The van der Waals surface area contributed by atoms with Gasteiger partial charge in [0.1, 0.15) is 6.10 Å². The number of aliphatic hydroxyl groups is 1. The number of carbonyl (C=O) groups is 1. The molecule has 0 saturated heterocycles. The fourth-order valence-electron chi connectivity index (χ4n) is 0.563. The Labute approximate surface area is 67.7 Å². The van der Waals surface area contributed by atoms with Crippen molar-refractivity contribution in [3.8, 4) is 0 Å². The molecule has 1 aromatic heterocycles. The lowest BCUT2D eigenvalue weighted by Gasteiger charge is -2.07. The highest BCUT2D eigenvalue weighted by atomic mass is 32.1. The van der Waals surface area contributed by atoms with Crippen molar-refractivity contribution in [2.75, 3.05) is 0 Å². The van der Waals surface area contributed by atoms with Gasteiger partial charge in [0.25, 0.3) is 0 Å². The van der Waals surface area contributed by atoms with Crippen molar-refractivity contribution in [3.63, 3.8) is 0 Å². The average molecular weight is 175 g/mol. The first-order chi connectivity index (χ1) is 4.72. The second-order valence-corrected chi connectivity index (χ2v) is 2.72. The minimum Gasteiger partial charge on any atom is -0.547 e. The molecular formula is C6H9NO3S. The summed E-state index contributed by atoms with van der Waals surface area (Å²) in [4.78, 5) is 10.4. The quantitative estimate of drug-likeness (QED) is 0.657. The lowest BCUT2D eigenvalue weighted by Crippen LogP contribution is -2.28. The summed E-state index contributed by atoms with van der Waals surface area (Å²) in [6.45, 7) is 0.